The molecule has 4 N–H and O–H groups in total. The van der Waals surface area contributed by atoms with Crippen LogP contribution in [0.3, 0.4) is 0 Å². The Morgan fingerprint density at radius 1 is 1.19 bits per heavy atom. The number of piperidine rings is 1. The second kappa shape index (κ2) is 11.3. The van der Waals surface area contributed by atoms with Gasteiger partial charge in [-0.15, -0.1) is 5.10 Å². The minimum absolute atomic E-state index is 0.162. The van der Waals surface area contributed by atoms with E-state index in [2.05, 4.69) is 20.9 Å². The maximum absolute atomic E-state index is 12.7. The predicted octanol–water partition coefficient (Wildman–Crippen LogP) is 3.25. The Hall–Kier alpha value is -3.77. The Morgan fingerprint density at radius 3 is 2.50 bits per heavy atom. The number of carboxylic acids is 1. The number of β-amino-alcohol motifs (C(OH)–C–C–N with tert-alkyl or cyclic N) is 1. The highest BCUT2D eigenvalue weighted by atomic mass is 19.4. The number of benzene rings is 2. The molecule has 0 radical (unpaired) electrons. The Balaban J connectivity index is 0.000000454. The zero-order chi connectivity index (χ0) is 26.3. The largest absolute Gasteiger partial charge is 0.490 e. The number of aliphatic hydroxyl groups is 1. The molecule has 12 heteroatoms. The van der Waals surface area contributed by atoms with Crippen LogP contribution in [0.15, 0.2) is 54.7 Å². The number of para-hydroxylation sites is 1. The van der Waals surface area contributed by atoms with Crippen LogP contribution < -0.4 is 10.6 Å². The van der Waals surface area contributed by atoms with Crippen molar-refractivity contribution < 1.29 is 33.0 Å². The number of alkyl halides is 3. The maximum Gasteiger partial charge on any atom is 0.490 e. The summed E-state index contributed by atoms with van der Waals surface area (Å²) in [6.45, 7) is 3.78. The van der Waals surface area contributed by atoms with Crippen molar-refractivity contribution in [2.45, 2.75) is 38.1 Å². The van der Waals surface area contributed by atoms with Crippen molar-refractivity contribution in [1.29, 1.82) is 0 Å². The monoisotopic (exact) mass is 505 g/mol. The number of anilines is 1. The van der Waals surface area contributed by atoms with E-state index in [1.54, 1.807) is 4.68 Å². The van der Waals surface area contributed by atoms with Crippen molar-refractivity contribution in [2.75, 3.05) is 18.4 Å². The number of aromatic nitrogens is 3. The fraction of sp³-hybridized carbons (Fsp3) is 0.333. The first kappa shape index (κ1) is 26.8. The predicted molar refractivity (Wildman–Crippen MR) is 125 cm³/mol. The van der Waals surface area contributed by atoms with Gasteiger partial charge in [-0.3, -0.25) is 4.79 Å². The Bertz CT molecular complexity index is 1190. The van der Waals surface area contributed by atoms with E-state index in [1.807, 2.05) is 61.7 Å². The molecule has 0 spiro atoms. The second-order valence-corrected chi connectivity index (χ2v) is 8.46. The molecular weight excluding hydrogens is 479 g/mol. The first-order valence-corrected chi connectivity index (χ1v) is 11.1. The van der Waals surface area contributed by atoms with Crippen LogP contribution >= 0.6 is 0 Å². The van der Waals surface area contributed by atoms with Gasteiger partial charge in [0.2, 0.25) is 0 Å². The Labute approximate surface area is 204 Å². The van der Waals surface area contributed by atoms with Gasteiger partial charge in [0, 0.05) is 23.4 Å². The number of carbonyl (C=O) groups excluding carboxylic acids is 1. The SMILES string of the molecule is Cc1ccc(-c2cn(CC3(O)CCCNC3)nn2)cc1C(=O)Nc1ccccc1.O=C(O)C(F)(F)F. The average Bonchev–Trinajstić information content (AvgIpc) is 3.28. The molecule has 1 unspecified atom stereocenters. The first-order valence-electron chi connectivity index (χ1n) is 11.1. The van der Waals surface area contributed by atoms with E-state index in [0.717, 1.165) is 36.2 Å². The van der Waals surface area contributed by atoms with Gasteiger partial charge in [-0.2, -0.15) is 13.2 Å². The molecule has 1 aliphatic heterocycles. The highest BCUT2D eigenvalue weighted by Gasteiger charge is 2.38. The van der Waals surface area contributed by atoms with E-state index >= 15 is 0 Å². The first-order chi connectivity index (χ1) is 17.0. The normalized spacial score (nSPS) is 17.6. The molecule has 4 rings (SSSR count). The molecule has 192 valence electrons. The maximum atomic E-state index is 12.7. The van der Waals surface area contributed by atoms with Gasteiger partial charge in [-0.1, -0.05) is 35.5 Å². The summed E-state index contributed by atoms with van der Waals surface area (Å²) in [5.74, 6) is -2.92. The number of nitrogens with one attached hydrogen (secondary N) is 2. The lowest BCUT2D eigenvalue weighted by atomic mass is 9.94. The molecule has 0 bridgehead atoms. The third-order valence-electron chi connectivity index (χ3n) is 5.50. The van der Waals surface area contributed by atoms with E-state index < -0.39 is 17.7 Å². The lowest BCUT2D eigenvalue weighted by molar-refractivity contribution is -0.192. The average molecular weight is 505 g/mol. The highest BCUT2D eigenvalue weighted by Crippen LogP contribution is 2.23. The van der Waals surface area contributed by atoms with Crippen LogP contribution in [0.4, 0.5) is 18.9 Å². The number of aryl methyl sites for hydroxylation is 1. The zero-order valence-corrected chi connectivity index (χ0v) is 19.4. The van der Waals surface area contributed by atoms with Gasteiger partial charge in [0.25, 0.3) is 5.91 Å². The fourth-order valence-corrected chi connectivity index (χ4v) is 3.64. The van der Waals surface area contributed by atoms with E-state index in [4.69, 9.17) is 9.90 Å². The van der Waals surface area contributed by atoms with Crippen molar-refractivity contribution in [3.63, 3.8) is 0 Å². The number of nitrogens with zero attached hydrogens (tertiary/aromatic N) is 3. The molecule has 36 heavy (non-hydrogen) atoms. The van der Waals surface area contributed by atoms with E-state index in [-0.39, 0.29) is 5.91 Å². The van der Waals surface area contributed by atoms with Crippen molar-refractivity contribution in [3.8, 4) is 11.3 Å². The van der Waals surface area contributed by atoms with Gasteiger partial charge in [0.1, 0.15) is 5.69 Å². The molecule has 2 aromatic carbocycles. The summed E-state index contributed by atoms with van der Waals surface area (Å²) in [5.41, 5.74) is 2.91. The lowest BCUT2D eigenvalue weighted by Gasteiger charge is -2.32. The van der Waals surface area contributed by atoms with E-state index in [0.29, 0.717) is 24.3 Å². The van der Waals surface area contributed by atoms with Crippen LogP contribution in [0.5, 0.6) is 0 Å². The van der Waals surface area contributed by atoms with E-state index in [1.165, 1.54) is 0 Å². The number of halogens is 3. The van der Waals surface area contributed by atoms with Crippen LogP contribution in [-0.4, -0.2) is 62.0 Å². The Morgan fingerprint density at radius 2 is 1.89 bits per heavy atom. The van der Waals surface area contributed by atoms with Crippen LogP contribution in [0.1, 0.15) is 28.8 Å². The topological polar surface area (TPSA) is 129 Å². The van der Waals surface area contributed by atoms with Gasteiger partial charge >= 0.3 is 12.1 Å². The molecular formula is C24H26F3N5O4. The zero-order valence-electron chi connectivity index (χ0n) is 19.4. The van der Waals surface area contributed by atoms with Gasteiger partial charge in [-0.25, -0.2) is 9.48 Å². The number of aliphatic carboxylic acids is 1. The van der Waals surface area contributed by atoms with Crippen molar-refractivity contribution in [1.82, 2.24) is 20.3 Å². The number of hydrogen-bond acceptors (Lipinski definition) is 6. The molecule has 9 nitrogen and oxygen atoms in total. The summed E-state index contributed by atoms with van der Waals surface area (Å²) in [6.07, 6.45) is -1.59. The number of hydrogen-bond donors (Lipinski definition) is 4. The fourth-order valence-electron chi connectivity index (χ4n) is 3.64. The Kier molecular flexibility index (Phi) is 8.43. The summed E-state index contributed by atoms with van der Waals surface area (Å²) in [7, 11) is 0. The van der Waals surface area contributed by atoms with Gasteiger partial charge in [0.15, 0.2) is 0 Å². The number of amides is 1. The minimum atomic E-state index is -5.08. The number of carbonyl (C=O) groups is 2. The third-order valence-corrected chi connectivity index (χ3v) is 5.50. The molecule has 1 fully saturated rings. The van der Waals surface area contributed by atoms with Gasteiger partial charge < -0.3 is 20.8 Å². The molecule has 0 saturated carbocycles. The molecule has 3 aromatic rings. The van der Waals surface area contributed by atoms with Crippen molar-refractivity contribution >= 4 is 17.6 Å². The summed E-state index contributed by atoms with van der Waals surface area (Å²) < 4.78 is 33.4. The second-order valence-electron chi connectivity index (χ2n) is 8.46. The smallest absolute Gasteiger partial charge is 0.475 e. The molecule has 1 atom stereocenters. The summed E-state index contributed by atoms with van der Waals surface area (Å²) >= 11 is 0. The molecule has 1 aromatic heterocycles. The van der Waals surface area contributed by atoms with Crippen LogP contribution in [0.25, 0.3) is 11.3 Å². The standard InChI is InChI=1S/C22H25N5O2.C2HF3O2/c1-16-8-9-17(12-19(16)21(28)24-18-6-3-2-4-7-18)20-13-27(26-25-20)15-22(29)10-5-11-23-14-22;3-2(4,5)1(6)7/h2-4,6-9,12-13,23,29H,5,10-11,14-15H2,1H3,(H,24,28);(H,6,7). The quantitative estimate of drug-likeness (QED) is 0.419. The highest BCUT2D eigenvalue weighted by molar-refractivity contribution is 6.05. The van der Waals surface area contributed by atoms with Crippen molar-refractivity contribution in [3.05, 3.63) is 65.9 Å². The van der Waals surface area contributed by atoms with Gasteiger partial charge in [0.05, 0.1) is 18.3 Å². The third kappa shape index (κ3) is 7.36. The molecule has 0 aliphatic carbocycles. The molecule has 1 saturated heterocycles. The number of rotatable bonds is 5. The van der Waals surface area contributed by atoms with E-state index in [9.17, 15) is 23.1 Å². The lowest BCUT2D eigenvalue weighted by Crippen LogP contribution is -2.48. The molecule has 1 aliphatic rings. The van der Waals surface area contributed by atoms with Crippen molar-refractivity contribution in [2.24, 2.45) is 0 Å². The molecule has 1 amide bonds. The molecule has 2 heterocycles. The van der Waals surface area contributed by atoms with Gasteiger partial charge in [-0.05, 0) is 50.1 Å². The number of carboxylic acid groups (broad SMARTS) is 1. The summed E-state index contributed by atoms with van der Waals surface area (Å²) in [4.78, 5) is 21.6. The summed E-state index contributed by atoms with van der Waals surface area (Å²) in [5, 5.41) is 32.4. The van der Waals surface area contributed by atoms with Crippen LogP contribution in [0.2, 0.25) is 0 Å². The minimum Gasteiger partial charge on any atom is -0.475 e. The van der Waals surface area contributed by atoms with Crippen LogP contribution in [-0.2, 0) is 11.3 Å². The van der Waals surface area contributed by atoms with Crippen LogP contribution in [0, 0.1) is 6.92 Å². The summed E-state index contributed by atoms with van der Waals surface area (Å²) in [6, 6.07) is 15.1.